The van der Waals surface area contributed by atoms with Crippen molar-refractivity contribution in [3.05, 3.63) is 0 Å². The summed E-state index contributed by atoms with van der Waals surface area (Å²) in [5, 5.41) is 23.6. The average molecular weight is 724 g/mol. The summed E-state index contributed by atoms with van der Waals surface area (Å²) in [6, 6.07) is -0.689. The zero-order valence-corrected chi connectivity index (χ0v) is 34.5. The molecule has 0 radical (unpaired) electrons. The number of ether oxygens (including phenoxy) is 1. The highest BCUT2D eigenvalue weighted by Gasteiger charge is 2.24. The van der Waals surface area contributed by atoms with Crippen LogP contribution in [0.15, 0.2) is 0 Å². The molecule has 0 spiro atoms. The van der Waals surface area contributed by atoms with Crippen LogP contribution in [0.2, 0.25) is 0 Å². The molecular formula is C45H89NO5. The first-order valence-electron chi connectivity index (χ1n) is 22.8. The van der Waals surface area contributed by atoms with Gasteiger partial charge in [0.25, 0.3) is 0 Å². The predicted molar refractivity (Wildman–Crippen MR) is 218 cm³/mol. The van der Waals surface area contributed by atoms with Crippen molar-refractivity contribution in [1.29, 1.82) is 0 Å². The molecule has 3 N–H and O–H groups in total. The van der Waals surface area contributed by atoms with Gasteiger partial charge >= 0.3 is 5.97 Å². The van der Waals surface area contributed by atoms with Crippen molar-refractivity contribution in [2.45, 2.75) is 270 Å². The van der Waals surface area contributed by atoms with Gasteiger partial charge in [-0.2, -0.15) is 0 Å². The first kappa shape index (κ1) is 49.9. The summed E-state index contributed by atoms with van der Waals surface area (Å²) in [6.07, 6.45) is 40.1. The van der Waals surface area contributed by atoms with Gasteiger partial charge in [-0.1, -0.05) is 213 Å². The van der Waals surface area contributed by atoms with Crippen molar-refractivity contribution in [3.8, 4) is 0 Å². The second kappa shape index (κ2) is 40.1. The van der Waals surface area contributed by atoms with Crippen LogP contribution in [-0.4, -0.2) is 46.9 Å². The number of aliphatic hydroxyl groups is 2. The molecule has 0 bridgehead atoms. The number of aliphatic hydroxyl groups excluding tert-OH is 2. The van der Waals surface area contributed by atoms with E-state index in [0.29, 0.717) is 19.3 Å². The number of carbonyl (C=O) groups is 2. The van der Waals surface area contributed by atoms with Crippen LogP contribution in [0.25, 0.3) is 0 Å². The lowest BCUT2D eigenvalue weighted by molar-refractivity contribution is -0.151. The summed E-state index contributed by atoms with van der Waals surface area (Å²) in [4.78, 5) is 25.9. The highest BCUT2D eigenvalue weighted by atomic mass is 16.5. The Kier molecular flexibility index (Phi) is 39.2. The lowest BCUT2D eigenvalue weighted by atomic mass is 10.0. The first-order valence-corrected chi connectivity index (χ1v) is 22.8. The number of carbonyl (C=O) groups excluding carboxylic acids is 2. The monoisotopic (exact) mass is 724 g/mol. The molecule has 0 aliphatic rings. The van der Waals surface area contributed by atoms with Gasteiger partial charge in [-0.25, -0.2) is 0 Å². The SMILES string of the molecule is CCCCCCCCCCCCCCC(=O)OC(CCCCCCCCCCCC)CC(=O)NC(CO)C(O)CCCCCCCCCCCC. The van der Waals surface area contributed by atoms with Crippen LogP contribution in [0.1, 0.15) is 252 Å². The van der Waals surface area contributed by atoms with E-state index in [-0.39, 0.29) is 24.9 Å². The maximum absolute atomic E-state index is 13.1. The Bertz CT molecular complexity index is 731. The summed E-state index contributed by atoms with van der Waals surface area (Å²) >= 11 is 0. The molecular weight excluding hydrogens is 634 g/mol. The lowest BCUT2D eigenvalue weighted by Gasteiger charge is -2.24. The average Bonchev–Trinajstić information content (AvgIpc) is 3.12. The molecule has 0 saturated heterocycles. The predicted octanol–water partition coefficient (Wildman–Crippen LogP) is 12.8. The maximum Gasteiger partial charge on any atom is 0.306 e. The fraction of sp³-hybridized carbons (Fsp3) is 0.956. The minimum Gasteiger partial charge on any atom is -0.462 e. The zero-order chi connectivity index (χ0) is 37.5. The second-order valence-corrected chi connectivity index (χ2v) is 15.8. The highest BCUT2D eigenvalue weighted by molar-refractivity contribution is 5.77. The van der Waals surface area contributed by atoms with Crippen LogP contribution in [0.4, 0.5) is 0 Å². The molecule has 0 aromatic carbocycles. The van der Waals surface area contributed by atoms with Crippen LogP contribution in [0, 0.1) is 0 Å². The molecule has 0 saturated carbocycles. The molecule has 0 fully saturated rings. The topological polar surface area (TPSA) is 95.9 Å². The minimum atomic E-state index is -0.776. The van der Waals surface area contributed by atoms with Crippen molar-refractivity contribution in [2.75, 3.05) is 6.61 Å². The quantitative estimate of drug-likeness (QED) is 0.0431. The van der Waals surface area contributed by atoms with E-state index in [0.717, 1.165) is 44.9 Å². The molecule has 304 valence electrons. The third kappa shape index (κ3) is 35.6. The van der Waals surface area contributed by atoms with E-state index in [2.05, 4.69) is 26.1 Å². The van der Waals surface area contributed by atoms with Gasteiger partial charge in [-0.05, 0) is 25.7 Å². The molecule has 0 aliphatic heterocycles. The Labute approximate surface area is 317 Å². The molecule has 3 atom stereocenters. The van der Waals surface area contributed by atoms with E-state index in [4.69, 9.17) is 4.74 Å². The van der Waals surface area contributed by atoms with Crippen LogP contribution in [-0.2, 0) is 14.3 Å². The van der Waals surface area contributed by atoms with E-state index in [1.807, 2.05) is 0 Å². The van der Waals surface area contributed by atoms with Crippen molar-refractivity contribution in [3.63, 3.8) is 0 Å². The molecule has 6 nitrogen and oxygen atoms in total. The zero-order valence-electron chi connectivity index (χ0n) is 34.5. The normalized spacial score (nSPS) is 13.3. The molecule has 3 unspecified atom stereocenters. The largest absolute Gasteiger partial charge is 0.462 e. The molecule has 0 aromatic rings. The third-order valence-electron chi connectivity index (χ3n) is 10.7. The summed E-state index contributed by atoms with van der Waals surface area (Å²) < 4.78 is 5.89. The number of unbranched alkanes of at least 4 members (excludes halogenated alkanes) is 29. The Balaban J connectivity index is 4.53. The summed E-state index contributed by atoms with van der Waals surface area (Å²) in [6.45, 7) is 6.46. The Hall–Kier alpha value is -1.14. The minimum absolute atomic E-state index is 0.0864. The Morgan fingerprint density at radius 3 is 1.20 bits per heavy atom. The lowest BCUT2D eigenvalue weighted by Crippen LogP contribution is -2.46. The molecule has 0 heterocycles. The van der Waals surface area contributed by atoms with Gasteiger partial charge in [-0.3, -0.25) is 9.59 Å². The molecule has 0 rings (SSSR count). The van der Waals surface area contributed by atoms with E-state index in [9.17, 15) is 19.8 Å². The summed E-state index contributed by atoms with van der Waals surface area (Å²) in [7, 11) is 0. The van der Waals surface area contributed by atoms with Crippen molar-refractivity contribution in [2.24, 2.45) is 0 Å². The van der Waals surface area contributed by atoms with Gasteiger partial charge < -0.3 is 20.3 Å². The van der Waals surface area contributed by atoms with Crippen molar-refractivity contribution in [1.82, 2.24) is 5.32 Å². The molecule has 6 heteroatoms. The number of nitrogens with one attached hydrogen (secondary N) is 1. The van der Waals surface area contributed by atoms with Crippen LogP contribution in [0.3, 0.4) is 0 Å². The number of amides is 1. The van der Waals surface area contributed by atoms with Crippen LogP contribution < -0.4 is 5.32 Å². The molecule has 0 aliphatic carbocycles. The van der Waals surface area contributed by atoms with E-state index >= 15 is 0 Å². The number of hydrogen-bond acceptors (Lipinski definition) is 5. The first-order chi connectivity index (χ1) is 25.0. The van der Waals surface area contributed by atoms with E-state index in [1.54, 1.807) is 0 Å². The smallest absolute Gasteiger partial charge is 0.306 e. The molecule has 51 heavy (non-hydrogen) atoms. The van der Waals surface area contributed by atoms with Crippen molar-refractivity contribution >= 4 is 11.9 Å². The second-order valence-electron chi connectivity index (χ2n) is 15.8. The van der Waals surface area contributed by atoms with Gasteiger partial charge in [0.15, 0.2) is 0 Å². The molecule has 0 aromatic heterocycles. The van der Waals surface area contributed by atoms with E-state index < -0.39 is 18.2 Å². The van der Waals surface area contributed by atoms with Crippen LogP contribution in [0.5, 0.6) is 0 Å². The van der Waals surface area contributed by atoms with Gasteiger partial charge in [0.2, 0.25) is 5.91 Å². The Morgan fingerprint density at radius 2 is 0.824 bits per heavy atom. The maximum atomic E-state index is 13.1. The van der Waals surface area contributed by atoms with Crippen molar-refractivity contribution < 1.29 is 24.5 Å². The van der Waals surface area contributed by atoms with Gasteiger partial charge in [0, 0.05) is 6.42 Å². The number of rotatable bonds is 41. The number of esters is 1. The fourth-order valence-corrected chi connectivity index (χ4v) is 7.20. The van der Waals surface area contributed by atoms with Gasteiger partial charge in [-0.15, -0.1) is 0 Å². The van der Waals surface area contributed by atoms with Gasteiger partial charge in [0.05, 0.1) is 25.2 Å². The fourth-order valence-electron chi connectivity index (χ4n) is 7.20. The standard InChI is InChI=1S/C45H89NO5/c1-4-7-10-13-16-19-22-23-26-29-32-35-38-45(50)51-41(36-33-30-27-24-20-17-14-11-8-5-2)39-44(49)46-42(40-47)43(48)37-34-31-28-25-21-18-15-12-9-6-3/h41-43,47-48H,4-40H2,1-3H3,(H,46,49). The highest BCUT2D eigenvalue weighted by Crippen LogP contribution is 2.18. The van der Waals surface area contributed by atoms with Crippen LogP contribution >= 0.6 is 0 Å². The Morgan fingerprint density at radius 1 is 0.490 bits per heavy atom. The van der Waals surface area contributed by atoms with E-state index in [1.165, 1.54) is 161 Å². The number of hydrogen-bond donors (Lipinski definition) is 3. The summed E-state index contributed by atoms with van der Waals surface area (Å²) in [5.74, 6) is -0.460. The van der Waals surface area contributed by atoms with Gasteiger partial charge in [0.1, 0.15) is 6.10 Å². The summed E-state index contributed by atoms with van der Waals surface area (Å²) in [5.41, 5.74) is 0. The third-order valence-corrected chi connectivity index (χ3v) is 10.7. The molecule has 1 amide bonds.